The lowest BCUT2D eigenvalue weighted by atomic mass is 10.1. The Bertz CT molecular complexity index is 817. The molecular weight excluding hydrogens is 313 g/mol. The van der Waals surface area contributed by atoms with Gasteiger partial charge in [0, 0.05) is 12.0 Å². The quantitative estimate of drug-likeness (QED) is 0.599. The summed E-state index contributed by atoms with van der Waals surface area (Å²) in [7, 11) is 0. The number of esters is 1. The second-order valence-corrected chi connectivity index (χ2v) is 5.32. The number of ether oxygens (including phenoxy) is 1. The molecule has 24 heavy (non-hydrogen) atoms. The van der Waals surface area contributed by atoms with Crippen LogP contribution in [0.5, 0.6) is 0 Å². The number of Topliss-reactive ketones (excluding diaryl/α,β-unsaturated/α-hetero) is 1. The summed E-state index contributed by atoms with van der Waals surface area (Å²) in [5, 5.41) is 8.67. The third kappa shape index (κ3) is 4.29. The number of ketones is 1. The van der Waals surface area contributed by atoms with Crippen molar-refractivity contribution >= 4 is 11.8 Å². The standard InChI is InChI=1S/C18H16FNO4/c1-11(21)16-8-15(24-12(16)2)5-6-18(22)23-10-14-4-3-13(9-20)7-17(14)19/h3-4,7-8H,5-6,10H2,1-2H3. The van der Waals surface area contributed by atoms with Crippen LogP contribution >= 0.6 is 0 Å². The molecule has 1 aromatic heterocycles. The highest BCUT2D eigenvalue weighted by Crippen LogP contribution is 2.17. The minimum absolute atomic E-state index is 0.0577. The van der Waals surface area contributed by atoms with Gasteiger partial charge in [0.1, 0.15) is 23.9 Å². The lowest BCUT2D eigenvalue weighted by Gasteiger charge is -2.05. The predicted molar refractivity (Wildman–Crippen MR) is 82.7 cm³/mol. The summed E-state index contributed by atoms with van der Waals surface area (Å²) in [4.78, 5) is 23.1. The minimum atomic E-state index is -0.588. The molecule has 0 atom stereocenters. The Labute approximate surface area is 138 Å². The molecule has 1 aromatic carbocycles. The summed E-state index contributed by atoms with van der Waals surface area (Å²) in [6.07, 6.45) is 0.352. The van der Waals surface area contributed by atoms with Gasteiger partial charge in [-0.25, -0.2) is 4.39 Å². The van der Waals surface area contributed by atoms with Crippen molar-refractivity contribution in [3.8, 4) is 6.07 Å². The number of rotatable bonds is 6. The molecule has 1 heterocycles. The van der Waals surface area contributed by atoms with E-state index in [2.05, 4.69) is 0 Å². The second kappa shape index (κ2) is 7.55. The van der Waals surface area contributed by atoms with Gasteiger partial charge in [-0.15, -0.1) is 0 Å². The smallest absolute Gasteiger partial charge is 0.306 e. The number of aryl methyl sites for hydroxylation is 2. The number of halogens is 1. The van der Waals surface area contributed by atoms with Gasteiger partial charge in [0.15, 0.2) is 5.78 Å². The van der Waals surface area contributed by atoms with Crippen molar-refractivity contribution in [3.63, 3.8) is 0 Å². The van der Waals surface area contributed by atoms with Crippen molar-refractivity contribution in [2.24, 2.45) is 0 Å². The molecular formula is C18H16FNO4. The van der Waals surface area contributed by atoms with E-state index in [0.717, 1.165) is 6.07 Å². The van der Waals surface area contributed by atoms with Crippen LogP contribution in [0.25, 0.3) is 0 Å². The molecule has 2 rings (SSSR count). The molecule has 2 aromatic rings. The summed E-state index contributed by atoms with van der Waals surface area (Å²) >= 11 is 0. The van der Waals surface area contributed by atoms with Crippen molar-refractivity contribution < 1.29 is 23.1 Å². The van der Waals surface area contributed by atoms with E-state index < -0.39 is 11.8 Å². The highest BCUT2D eigenvalue weighted by molar-refractivity contribution is 5.95. The predicted octanol–water partition coefficient (Wildman–Crippen LogP) is 3.48. The lowest BCUT2D eigenvalue weighted by Crippen LogP contribution is -2.06. The zero-order valence-electron chi connectivity index (χ0n) is 13.4. The van der Waals surface area contributed by atoms with Crippen molar-refractivity contribution in [1.29, 1.82) is 5.26 Å². The summed E-state index contributed by atoms with van der Waals surface area (Å²) in [6, 6.07) is 7.41. The maximum absolute atomic E-state index is 13.7. The topological polar surface area (TPSA) is 80.3 Å². The van der Waals surface area contributed by atoms with Crippen LogP contribution < -0.4 is 0 Å². The molecule has 0 amide bonds. The van der Waals surface area contributed by atoms with Crippen molar-refractivity contribution in [2.75, 3.05) is 0 Å². The molecule has 0 aliphatic heterocycles. The van der Waals surface area contributed by atoms with Crippen LogP contribution in [0.1, 0.15) is 46.3 Å². The summed E-state index contributed by atoms with van der Waals surface area (Å²) < 4.78 is 24.1. The highest BCUT2D eigenvalue weighted by atomic mass is 19.1. The van der Waals surface area contributed by atoms with Crippen LogP contribution in [0.3, 0.4) is 0 Å². The maximum Gasteiger partial charge on any atom is 0.306 e. The molecule has 6 heteroatoms. The fourth-order valence-corrected chi connectivity index (χ4v) is 2.21. The summed E-state index contributed by atoms with van der Waals surface area (Å²) in [6.45, 7) is 2.93. The van der Waals surface area contributed by atoms with E-state index >= 15 is 0 Å². The molecule has 0 unspecified atom stereocenters. The Balaban J connectivity index is 1.87. The molecule has 0 saturated carbocycles. The molecule has 0 aliphatic carbocycles. The first kappa shape index (κ1) is 17.4. The first-order valence-corrected chi connectivity index (χ1v) is 7.35. The Kier molecular flexibility index (Phi) is 5.48. The number of hydrogen-bond donors (Lipinski definition) is 0. The SMILES string of the molecule is CC(=O)c1cc(CCC(=O)OCc2ccc(C#N)cc2F)oc1C. The van der Waals surface area contributed by atoms with Gasteiger partial charge in [0.2, 0.25) is 0 Å². The van der Waals surface area contributed by atoms with E-state index in [0.29, 0.717) is 23.5 Å². The van der Waals surface area contributed by atoms with E-state index in [1.165, 1.54) is 19.1 Å². The van der Waals surface area contributed by atoms with Crippen molar-refractivity contribution in [2.45, 2.75) is 33.3 Å². The number of nitriles is 1. The Morgan fingerprint density at radius 1 is 1.33 bits per heavy atom. The Morgan fingerprint density at radius 2 is 2.08 bits per heavy atom. The first-order chi connectivity index (χ1) is 11.4. The fourth-order valence-electron chi connectivity index (χ4n) is 2.21. The summed E-state index contributed by atoms with van der Waals surface area (Å²) in [5.74, 6) is -0.141. The van der Waals surface area contributed by atoms with E-state index in [1.807, 2.05) is 6.07 Å². The molecule has 0 bridgehead atoms. The Morgan fingerprint density at radius 3 is 2.67 bits per heavy atom. The third-order valence-corrected chi connectivity index (χ3v) is 3.49. The van der Waals surface area contributed by atoms with Gasteiger partial charge < -0.3 is 9.15 Å². The van der Waals surface area contributed by atoms with Gasteiger partial charge in [0.25, 0.3) is 0 Å². The van der Waals surface area contributed by atoms with Crippen LogP contribution in [-0.2, 0) is 22.6 Å². The molecule has 0 spiro atoms. The van der Waals surface area contributed by atoms with Gasteiger partial charge in [-0.2, -0.15) is 5.26 Å². The largest absolute Gasteiger partial charge is 0.466 e. The van der Waals surface area contributed by atoms with Gasteiger partial charge in [-0.05, 0) is 32.0 Å². The highest BCUT2D eigenvalue weighted by Gasteiger charge is 2.13. The average Bonchev–Trinajstić information content (AvgIpc) is 2.92. The molecule has 0 saturated heterocycles. The second-order valence-electron chi connectivity index (χ2n) is 5.32. The number of carbonyl (C=O) groups excluding carboxylic acids is 2. The zero-order valence-corrected chi connectivity index (χ0v) is 13.4. The zero-order chi connectivity index (χ0) is 17.7. The maximum atomic E-state index is 13.7. The van der Waals surface area contributed by atoms with Gasteiger partial charge in [0.05, 0.1) is 23.6 Å². The molecule has 0 fully saturated rings. The van der Waals surface area contributed by atoms with Gasteiger partial charge in [-0.1, -0.05) is 6.07 Å². The van der Waals surface area contributed by atoms with E-state index in [-0.39, 0.29) is 29.9 Å². The van der Waals surface area contributed by atoms with Crippen LogP contribution in [0.2, 0.25) is 0 Å². The van der Waals surface area contributed by atoms with Crippen LogP contribution in [0.4, 0.5) is 4.39 Å². The third-order valence-electron chi connectivity index (χ3n) is 3.49. The van der Waals surface area contributed by atoms with E-state index in [1.54, 1.807) is 13.0 Å². The van der Waals surface area contributed by atoms with Crippen LogP contribution in [-0.4, -0.2) is 11.8 Å². The molecule has 0 radical (unpaired) electrons. The molecule has 0 aliphatic rings. The number of benzene rings is 1. The monoisotopic (exact) mass is 329 g/mol. The number of carbonyl (C=O) groups is 2. The van der Waals surface area contributed by atoms with Crippen molar-refractivity contribution in [1.82, 2.24) is 0 Å². The average molecular weight is 329 g/mol. The number of nitrogens with zero attached hydrogens (tertiary/aromatic N) is 1. The number of furan rings is 1. The van der Waals surface area contributed by atoms with Crippen LogP contribution in [0.15, 0.2) is 28.7 Å². The first-order valence-electron chi connectivity index (χ1n) is 7.35. The Hall–Kier alpha value is -2.94. The molecule has 5 nitrogen and oxygen atoms in total. The van der Waals surface area contributed by atoms with E-state index in [4.69, 9.17) is 14.4 Å². The fraction of sp³-hybridized carbons (Fsp3) is 0.278. The molecule has 0 N–H and O–H groups in total. The van der Waals surface area contributed by atoms with Crippen molar-refractivity contribution in [3.05, 3.63) is 58.3 Å². The van der Waals surface area contributed by atoms with Gasteiger partial charge in [-0.3, -0.25) is 9.59 Å². The minimum Gasteiger partial charge on any atom is -0.466 e. The lowest BCUT2D eigenvalue weighted by molar-refractivity contribution is -0.145. The summed E-state index contributed by atoms with van der Waals surface area (Å²) in [5.41, 5.74) is 0.908. The molecule has 124 valence electrons. The van der Waals surface area contributed by atoms with E-state index in [9.17, 15) is 14.0 Å². The number of hydrogen-bond acceptors (Lipinski definition) is 5. The van der Waals surface area contributed by atoms with Crippen LogP contribution in [0, 0.1) is 24.1 Å². The normalized spacial score (nSPS) is 10.2. The van der Waals surface area contributed by atoms with Gasteiger partial charge >= 0.3 is 5.97 Å².